The first-order chi connectivity index (χ1) is 12.8. The number of nitrogens with one attached hydrogen (secondary N) is 1. The van der Waals surface area contributed by atoms with Gasteiger partial charge in [-0.3, -0.25) is 5.10 Å². The molecule has 0 spiro atoms. The molecule has 0 saturated heterocycles. The van der Waals surface area contributed by atoms with Gasteiger partial charge in [0.05, 0.1) is 18.0 Å². The number of nitrogens with zero attached hydrogens (tertiary/aromatic N) is 4. The number of aryl methyl sites for hydroxylation is 2. The van der Waals surface area contributed by atoms with E-state index in [0.717, 1.165) is 31.4 Å². The normalized spacial score (nSPS) is 11.1. The lowest BCUT2D eigenvalue weighted by molar-refractivity contribution is 0.564. The maximum atomic E-state index is 6.24. The number of nitrogen functional groups attached to an aromatic ring is 1. The molecule has 0 aliphatic heterocycles. The van der Waals surface area contributed by atoms with Gasteiger partial charge in [-0.1, -0.05) is 30.3 Å². The molecule has 132 valence electrons. The number of anilines is 1. The molecule has 7 nitrogen and oxygen atoms in total. The molecule has 0 aliphatic rings. The van der Waals surface area contributed by atoms with Gasteiger partial charge in [0.2, 0.25) is 0 Å². The summed E-state index contributed by atoms with van der Waals surface area (Å²) in [7, 11) is 0. The summed E-state index contributed by atoms with van der Waals surface area (Å²) in [4.78, 5) is 4.44. The second-order valence-electron chi connectivity index (χ2n) is 6.09. The Morgan fingerprint density at radius 1 is 1.08 bits per heavy atom. The van der Waals surface area contributed by atoms with E-state index in [4.69, 9.17) is 10.2 Å². The summed E-state index contributed by atoms with van der Waals surface area (Å²) in [5, 5.41) is 11.5. The lowest BCUT2D eigenvalue weighted by atomic mass is 10.1. The van der Waals surface area contributed by atoms with Gasteiger partial charge in [-0.15, -0.1) is 0 Å². The van der Waals surface area contributed by atoms with Crippen LogP contribution in [0, 0.1) is 0 Å². The molecule has 0 unspecified atom stereocenters. The van der Waals surface area contributed by atoms with Crippen LogP contribution in [0.2, 0.25) is 0 Å². The Balaban J connectivity index is 1.39. The van der Waals surface area contributed by atoms with Crippen LogP contribution in [0.3, 0.4) is 0 Å². The van der Waals surface area contributed by atoms with Crippen LogP contribution in [0.1, 0.15) is 18.4 Å². The zero-order valence-electron chi connectivity index (χ0n) is 14.3. The largest absolute Gasteiger partial charge is 0.461 e. The van der Waals surface area contributed by atoms with E-state index in [1.807, 2.05) is 16.8 Å². The van der Waals surface area contributed by atoms with Crippen molar-refractivity contribution < 1.29 is 4.42 Å². The zero-order chi connectivity index (χ0) is 17.8. The van der Waals surface area contributed by atoms with Crippen molar-refractivity contribution >= 4 is 5.82 Å². The molecule has 3 heterocycles. The Kier molecular flexibility index (Phi) is 4.51. The molecule has 0 radical (unpaired) electrons. The molecule has 0 amide bonds. The second kappa shape index (κ2) is 7.26. The fourth-order valence-corrected chi connectivity index (χ4v) is 2.89. The first-order valence-corrected chi connectivity index (χ1v) is 8.63. The van der Waals surface area contributed by atoms with Crippen LogP contribution in [-0.2, 0) is 13.0 Å². The minimum atomic E-state index is 0.518. The maximum Gasteiger partial charge on any atom is 0.192 e. The number of furan rings is 1. The van der Waals surface area contributed by atoms with Crippen molar-refractivity contribution in [1.82, 2.24) is 25.0 Å². The number of rotatable bonds is 7. The molecule has 1 aromatic carbocycles. The summed E-state index contributed by atoms with van der Waals surface area (Å²) in [5.41, 5.74) is 8.32. The first kappa shape index (κ1) is 16.1. The van der Waals surface area contributed by atoms with Gasteiger partial charge in [0.25, 0.3) is 0 Å². The number of hydrogen-bond acceptors (Lipinski definition) is 5. The summed E-state index contributed by atoms with van der Waals surface area (Å²) in [5.74, 6) is 2.30. The van der Waals surface area contributed by atoms with Crippen molar-refractivity contribution in [2.45, 2.75) is 25.8 Å². The quantitative estimate of drug-likeness (QED) is 0.498. The Hall–Kier alpha value is -3.35. The van der Waals surface area contributed by atoms with E-state index in [2.05, 4.69) is 44.5 Å². The number of nitrogens with two attached hydrogens (primary N) is 1. The lowest BCUT2D eigenvalue weighted by Crippen LogP contribution is -2.05. The molecular formula is C19H20N6O. The summed E-state index contributed by atoms with van der Waals surface area (Å²) in [6, 6.07) is 14.1. The fourth-order valence-electron chi connectivity index (χ4n) is 2.89. The standard InChI is InChI=1S/C19H20N6O/c20-17-15(18-22-19(24-23-18)16-10-6-12-26-16)13-21-25(17)11-5-4-9-14-7-2-1-3-8-14/h1-3,6-8,10,12-13H,4-5,9,11,20H2,(H,22,23,24). The van der Waals surface area contributed by atoms with E-state index in [1.165, 1.54) is 5.56 Å². The van der Waals surface area contributed by atoms with Gasteiger partial charge in [-0.25, -0.2) is 9.67 Å². The number of unbranched alkanes of at least 4 members (excludes halogenated alkanes) is 1. The Morgan fingerprint density at radius 2 is 1.96 bits per heavy atom. The molecular weight excluding hydrogens is 328 g/mol. The molecule has 0 atom stereocenters. The average Bonchev–Trinajstić information content (AvgIpc) is 3.41. The monoisotopic (exact) mass is 348 g/mol. The minimum Gasteiger partial charge on any atom is -0.461 e. The molecule has 7 heteroatoms. The molecule has 3 aromatic heterocycles. The molecule has 0 saturated carbocycles. The fraction of sp³-hybridized carbons (Fsp3) is 0.211. The van der Waals surface area contributed by atoms with Crippen molar-refractivity contribution in [3.05, 3.63) is 60.5 Å². The Morgan fingerprint density at radius 3 is 2.77 bits per heavy atom. The lowest BCUT2D eigenvalue weighted by Gasteiger charge is -2.05. The topological polar surface area (TPSA) is 98.6 Å². The molecule has 4 rings (SSSR count). The van der Waals surface area contributed by atoms with Crippen LogP contribution in [0.15, 0.2) is 59.3 Å². The third-order valence-electron chi connectivity index (χ3n) is 4.29. The minimum absolute atomic E-state index is 0.518. The maximum absolute atomic E-state index is 6.24. The third-order valence-corrected chi connectivity index (χ3v) is 4.29. The van der Waals surface area contributed by atoms with Gasteiger partial charge in [-0.2, -0.15) is 10.2 Å². The van der Waals surface area contributed by atoms with E-state index in [0.29, 0.717) is 23.2 Å². The highest BCUT2D eigenvalue weighted by molar-refractivity contribution is 5.68. The van der Waals surface area contributed by atoms with Crippen molar-refractivity contribution in [3.63, 3.8) is 0 Å². The van der Waals surface area contributed by atoms with Gasteiger partial charge in [0, 0.05) is 6.54 Å². The summed E-state index contributed by atoms with van der Waals surface area (Å²) in [6.07, 6.45) is 6.46. The molecule has 4 aromatic rings. The van der Waals surface area contributed by atoms with E-state index in [9.17, 15) is 0 Å². The summed E-state index contributed by atoms with van der Waals surface area (Å²) in [6.45, 7) is 0.772. The van der Waals surface area contributed by atoms with Crippen LogP contribution >= 0.6 is 0 Å². The van der Waals surface area contributed by atoms with Crippen molar-refractivity contribution in [2.75, 3.05) is 5.73 Å². The number of hydrogen-bond donors (Lipinski definition) is 2. The highest BCUT2D eigenvalue weighted by atomic mass is 16.3. The van der Waals surface area contributed by atoms with Gasteiger partial charge >= 0.3 is 0 Å². The molecule has 0 bridgehead atoms. The smallest absolute Gasteiger partial charge is 0.192 e. The zero-order valence-corrected chi connectivity index (χ0v) is 14.3. The van der Waals surface area contributed by atoms with Gasteiger partial charge in [0.1, 0.15) is 5.82 Å². The van der Waals surface area contributed by atoms with E-state index < -0.39 is 0 Å². The molecule has 0 fully saturated rings. The SMILES string of the molecule is Nc1c(-c2n[nH]c(-c3ccco3)n2)cnn1CCCCc1ccccc1. The first-order valence-electron chi connectivity index (χ1n) is 8.63. The number of H-pyrrole nitrogens is 1. The summed E-state index contributed by atoms with van der Waals surface area (Å²) < 4.78 is 7.13. The average molecular weight is 348 g/mol. The summed E-state index contributed by atoms with van der Waals surface area (Å²) >= 11 is 0. The van der Waals surface area contributed by atoms with Crippen LogP contribution < -0.4 is 5.73 Å². The van der Waals surface area contributed by atoms with Crippen LogP contribution in [0.4, 0.5) is 5.82 Å². The van der Waals surface area contributed by atoms with Crippen molar-refractivity contribution in [1.29, 1.82) is 0 Å². The predicted molar refractivity (Wildman–Crippen MR) is 99.1 cm³/mol. The van der Waals surface area contributed by atoms with E-state index in [1.54, 1.807) is 18.5 Å². The van der Waals surface area contributed by atoms with Crippen LogP contribution in [0.5, 0.6) is 0 Å². The van der Waals surface area contributed by atoms with Gasteiger partial charge in [-0.05, 0) is 37.0 Å². The third kappa shape index (κ3) is 3.37. The second-order valence-corrected chi connectivity index (χ2v) is 6.09. The van der Waals surface area contributed by atoms with Crippen LogP contribution in [-0.4, -0.2) is 25.0 Å². The van der Waals surface area contributed by atoms with Crippen LogP contribution in [0.25, 0.3) is 23.0 Å². The molecule has 26 heavy (non-hydrogen) atoms. The number of aromatic nitrogens is 5. The van der Waals surface area contributed by atoms with Crippen molar-refractivity contribution in [2.24, 2.45) is 0 Å². The van der Waals surface area contributed by atoms with E-state index >= 15 is 0 Å². The number of benzene rings is 1. The Labute approximate surface area is 150 Å². The molecule has 0 aliphatic carbocycles. The number of aromatic amines is 1. The van der Waals surface area contributed by atoms with Crippen molar-refractivity contribution in [3.8, 4) is 23.0 Å². The predicted octanol–water partition coefficient (Wildman–Crippen LogP) is 3.53. The highest BCUT2D eigenvalue weighted by Gasteiger charge is 2.15. The Bertz CT molecular complexity index is 955. The van der Waals surface area contributed by atoms with E-state index in [-0.39, 0.29) is 0 Å². The highest BCUT2D eigenvalue weighted by Crippen LogP contribution is 2.25. The van der Waals surface area contributed by atoms with Gasteiger partial charge in [0.15, 0.2) is 17.4 Å². The molecule has 3 N–H and O–H groups in total. The van der Waals surface area contributed by atoms with Gasteiger partial charge < -0.3 is 10.2 Å².